The fraction of sp³-hybridized carbons (Fsp3) is 0.400. The Morgan fingerprint density at radius 1 is 1.46 bits per heavy atom. The normalized spacial score (nSPS) is 12.8. The van der Waals surface area contributed by atoms with Gasteiger partial charge in [-0.05, 0) is 30.2 Å². The molecule has 3 nitrogen and oxygen atoms in total. The molecule has 1 atom stereocenters. The fourth-order valence-electron chi connectivity index (χ4n) is 1.35. The van der Waals surface area contributed by atoms with Crippen LogP contribution in [0.5, 0.6) is 5.75 Å². The number of phenols is 1. The lowest BCUT2D eigenvalue weighted by molar-refractivity contribution is 0.473. The van der Waals surface area contributed by atoms with Crippen LogP contribution < -0.4 is 11.5 Å². The Labute approximate surface area is 78.4 Å². The van der Waals surface area contributed by atoms with E-state index in [-0.39, 0.29) is 11.8 Å². The van der Waals surface area contributed by atoms with Crippen molar-refractivity contribution in [3.8, 4) is 5.75 Å². The predicted molar refractivity (Wildman–Crippen MR) is 54.4 cm³/mol. The SMILES string of the molecule is CCC[C@H](N)c1cc(O)ccc1N. The molecule has 0 amide bonds. The van der Waals surface area contributed by atoms with E-state index in [1.165, 1.54) is 0 Å². The average molecular weight is 180 g/mol. The number of hydrogen-bond acceptors (Lipinski definition) is 3. The molecule has 0 aliphatic rings. The monoisotopic (exact) mass is 180 g/mol. The summed E-state index contributed by atoms with van der Waals surface area (Å²) < 4.78 is 0. The molecular weight excluding hydrogens is 164 g/mol. The number of phenolic OH excluding ortho intramolecular Hbond substituents is 1. The maximum absolute atomic E-state index is 9.24. The van der Waals surface area contributed by atoms with Gasteiger partial charge in [0.2, 0.25) is 0 Å². The summed E-state index contributed by atoms with van der Waals surface area (Å²) >= 11 is 0. The molecule has 0 unspecified atom stereocenters. The van der Waals surface area contributed by atoms with Crippen LogP contribution in [0.1, 0.15) is 31.4 Å². The maximum atomic E-state index is 9.24. The van der Waals surface area contributed by atoms with E-state index in [9.17, 15) is 5.11 Å². The first-order chi connectivity index (χ1) is 6.15. The zero-order valence-corrected chi connectivity index (χ0v) is 7.83. The lowest BCUT2D eigenvalue weighted by Gasteiger charge is -2.13. The number of nitrogens with two attached hydrogens (primary N) is 2. The molecule has 1 rings (SSSR count). The molecule has 0 aliphatic carbocycles. The first-order valence-electron chi connectivity index (χ1n) is 4.49. The van der Waals surface area contributed by atoms with Crippen molar-refractivity contribution in [2.75, 3.05) is 5.73 Å². The average Bonchev–Trinajstić information content (AvgIpc) is 2.09. The van der Waals surface area contributed by atoms with E-state index in [4.69, 9.17) is 11.5 Å². The van der Waals surface area contributed by atoms with Crippen molar-refractivity contribution in [2.24, 2.45) is 5.73 Å². The van der Waals surface area contributed by atoms with Crippen LogP contribution in [-0.2, 0) is 0 Å². The minimum Gasteiger partial charge on any atom is -0.508 e. The van der Waals surface area contributed by atoms with Crippen LogP contribution in [-0.4, -0.2) is 5.11 Å². The highest BCUT2D eigenvalue weighted by Crippen LogP contribution is 2.25. The molecule has 0 fully saturated rings. The highest BCUT2D eigenvalue weighted by atomic mass is 16.3. The van der Waals surface area contributed by atoms with E-state index >= 15 is 0 Å². The molecule has 0 radical (unpaired) electrons. The van der Waals surface area contributed by atoms with E-state index in [1.54, 1.807) is 18.2 Å². The van der Waals surface area contributed by atoms with E-state index < -0.39 is 0 Å². The van der Waals surface area contributed by atoms with Gasteiger partial charge in [-0.25, -0.2) is 0 Å². The molecule has 1 aromatic rings. The Hall–Kier alpha value is -1.22. The molecule has 0 bridgehead atoms. The largest absolute Gasteiger partial charge is 0.508 e. The Morgan fingerprint density at radius 3 is 2.77 bits per heavy atom. The second-order valence-corrected chi connectivity index (χ2v) is 3.21. The van der Waals surface area contributed by atoms with E-state index in [1.807, 2.05) is 0 Å². The summed E-state index contributed by atoms with van der Waals surface area (Å²) in [6.45, 7) is 2.07. The number of nitrogen functional groups attached to an aromatic ring is 1. The Morgan fingerprint density at radius 2 is 2.15 bits per heavy atom. The summed E-state index contributed by atoms with van der Waals surface area (Å²) in [5.41, 5.74) is 13.1. The molecule has 5 N–H and O–H groups in total. The molecule has 0 spiro atoms. The van der Waals surface area contributed by atoms with Gasteiger partial charge in [0.15, 0.2) is 0 Å². The van der Waals surface area contributed by atoms with Gasteiger partial charge in [-0.3, -0.25) is 0 Å². The molecular formula is C10H16N2O. The summed E-state index contributed by atoms with van der Waals surface area (Å²) in [6.07, 6.45) is 1.89. The summed E-state index contributed by atoms with van der Waals surface area (Å²) in [7, 11) is 0. The standard InChI is InChI=1S/C10H16N2O/c1-2-3-9(11)8-6-7(13)4-5-10(8)12/h4-6,9,13H,2-3,11-12H2,1H3/t9-/m0/s1. The third kappa shape index (κ3) is 2.36. The number of rotatable bonds is 3. The quantitative estimate of drug-likeness (QED) is 0.490. The van der Waals surface area contributed by atoms with Crippen molar-refractivity contribution >= 4 is 5.69 Å². The molecule has 0 aliphatic heterocycles. The van der Waals surface area contributed by atoms with Gasteiger partial charge in [0.05, 0.1) is 0 Å². The van der Waals surface area contributed by atoms with Crippen LogP contribution >= 0.6 is 0 Å². The molecule has 1 aromatic carbocycles. The predicted octanol–water partition coefficient (Wildman–Crippen LogP) is 1.77. The van der Waals surface area contributed by atoms with Gasteiger partial charge in [-0.15, -0.1) is 0 Å². The number of aromatic hydroxyl groups is 1. The number of benzene rings is 1. The van der Waals surface area contributed by atoms with Crippen LogP contribution in [0.3, 0.4) is 0 Å². The molecule has 13 heavy (non-hydrogen) atoms. The Kier molecular flexibility index (Phi) is 3.14. The first kappa shape index (κ1) is 9.86. The van der Waals surface area contributed by atoms with Crippen LogP contribution in [0.15, 0.2) is 18.2 Å². The van der Waals surface area contributed by atoms with Crippen molar-refractivity contribution < 1.29 is 5.11 Å². The molecule has 0 heterocycles. The minimum atomic E-state index is -0.0721. The highest BCUT2D eigenvalue weighted by molar-refractivity contribution is 5.51. The lowest BCUT2D eigenvalue weighted by Crippen LogP contribution is -2.11. The zero-order chi connectivity index (χ0) is 9.84. The maximum Gasteiger partial charge on any atom is 0.116 e. The summed E-state index contributed by atoms with van der Waals surface area (Å²) in [6, 6.07) is 4.81. The van der Waals surface area contributed by atoms with Crippen LogP contribution in [0.25, 0.3) is 0 Å². The minimum absolute atomic E-state index is 0.0721. The van der Waals surface area contributed by atoms with Gasteiger partial charge in [0.25, 0.3) is 0 Å². The van der Waals surface area contributed by atoms with Gasteiger partial charge in [0, 0.05) is 11.7 Å². The van der Waals surface area contributed by atoms with Gasteiger partial charge in [-0.2, -0.15) is 0 Å². The first-order valence-corrected chi connectivity index (χ1v) is 4.49. The number of anilines is 1. The van der Waals surface area contributed by atoms with Gasteiger partial charge in [0.1, 0.15) is 5.75 Å². The summed E-state index contributed by atoms with van der Waals surface area (Å²) in [5, 5.41) is 9.24. The van der Waals surface area contributed by atoms with Crippen molar-refractivity contribution in [3.63, 3.8) is 0 Å². The van der Waals surface area contributed by atoms with Crippen molar-refractivity contribution in [2.45, 2.75) is 25.8 Å². The third-order valence-electron chi connectivity index (χ3n) is 2.07. The van der Waals surface area contributed by atoms with Crippen molar-refractivity contribution in [3.05, 3.63) is 23.8 Å². The van der Waals surface area contributed by atoms with E-state index in [0.717, 1.165) is 18.4 Å². The third-order valence-corrected chi connectivity index (χ3v) is 2.07. The molecule has 72 valence electrons. The second kappa shape index (κ2) is 4.14. The van der Waals surface area contributed by atoms with E-state index in [2.05, 4.69) is 6.92 Å². The van der Waals surface area contributed by atoms with Crippen LogP contribution in [0, 0.1) is 0 Å². The molecule has 0 aromatic heterocycles. The fourth-order valence-corrected chi connectivity index (χ4v) is 1.35. The van der Waals surface area contributed by atoms with E-state index in [0.29, 0.717) is 5.69 Å². The number of hydrogen-bond donors (Lipinski definition) is 3. The van der Waals surface area contributed by atoms with Gasteiger partial charge >= 0.3 is 0 Å². The topological polar surface area (TPSA) is 72.3 Å². The molecule has 0 saturated carbocycles. The van der Waals surface area contributed by atoms with Gasteiger partial charge < -0.3 is 16.6 Å². The highest BCUT2D eigenvalue weighted by Gasteiger charge is 2.08. The zero-order valence-electron chi connectivity index (χ0n) is 7.83. The van der Waals surface area contributed by atoms with Crippen LogP contribution in [0.4, 0.5) is 5.69 Å². The van der Waals surface area contributed by atoms with Gasteiger partial charge in [-0.1, -0.05) is 13.3 Å². The van der Waals surface area contributed by atoms with Crippen LogP contribution in [0.2, 0.25) is 0 Å². The smallest absolute Gasteiger partial charge is 0.116 e. The molecule has 3 heteroatoms. The Balaban J connectivity index is 2.91. The summed E-state index contributed by atoms with van der Waals surface area (Å²) in [4.78, 5) is 0. The van der Waals surface area contributed by atoms with Crippen molar-refractivity contribution in [1.82, 2.24) is 0 Å². The molecule has 0 saturated heterocycles. The Bertz CT molecular complexity index is 286. The van der Waals surface area contributed by atoms with Crippen molar-refractivity contribution in [1.29, 1.82) is 0 Å². The lowest BCUT2D eigenvalue weighted by atomic mass is 10.0. The second-order valence-electron chi connectivity index (χ2n) is 3.21. The summed E-state index contributed by atoms with van der Waals surface area (Å²) in [5.74, 6) is 0.218.